The molecule has 0 amide bonds. The van der Waals surface area contributed by atoms with Crippen LogP contribution in [0.2, 0.25) is 0 Å². The molecule has 17 heavy (non-hydrogen) atoms. The van der Waals surface area contributed by atoms with Gasteiger partial charge in [0.2, 0.25) is 0 Å². The van der Waals surface area contributed by atoms with E-state index in [4.69, 9.17) is 0 Å². The molecule has 0 radical (unpaired) electrons. The first-order chi connectivity index (χ1) is 8.27. The van der Waals surface area contributed by atoms with E-state index in [1.54, 1.807) is 0 Å². The van der Waals surface area contributed by atoms with Crippen LogP contribution in [0, 0.1) is 0 Å². The van der Waals surface area contributed by atoms with Crippen molar-refractivity contribution in [3.63, 3.8) is 0 Å². The lowest BCUT2D eigenvalue weighted by Gasteiger charge is -2.13. The summed E-state index contributed by atoms with van der Waals surface area (Å²) in [4.78, 5) is 8.34. The first kappa shape index (κ1) is 11.8. The van der Waals surface area contributed by atoms with E-state index in [2.05, 4.69) is 22.2 Å². The number of rotatable bonds is 5. The van der Waals surface area contributed by atoms with Crippen molar-refractivity contribution in [1.29, 1.82) is 0 Å². The molecular formula is C13H18N4. The number of nitrogens with one attached hydrogen (secondary N) is 1. The number of imidazole rings is 1. The third kappa shape index (κ3) is 3.14. The molecule has 2 aromatic rings. The summed E-state index contributed by atoms with van der Waals surface area (Å²) in [6.07, 6.45) is 8.47. The average molecular weight is 230 g/mol. The SMILES string of the molecule is CC(NCCc1ccncc1)c1nccn1C. The highest BCUT2D eigenvalue weighted by molar-refractivity contribution is 5.10. The molecule has 0 aliphatic rings. The van der Waals surface area contributed by atoms with Gasteiger partial charge in [0.25, 0.3) is 0 Å². The maximum absolute atomic E-state index is 4.33. The number of aromatic nitrogens is 3. The lowest BCUT2D eigenvalue weighted by atomic mass is 10.2. The van der Waals surface area contributed by atoms with E-state index < -0.39 is 0 Å². The van der Waals surface area contributed by atoms with Gasteiger partial charge >= 0.3 is 0 Å². The molecule has 1 N–H and O–H groups in total. The fourth-order valence-electron chi connectivity index (χ4n) is 1.87. The van der Waals surface area contributed by atoms with E-state index in [-0.39, 0.29) is 6.04 Å². The van der Waals surface area contributed by atoms with Crippen LogP contribution in [0.15, 0.2) is 36.9 Å². The Morgan fingerprint density at radius 2 is 2.06 bits per heavy atom. The molecule has 2 heterocycles. The molecule has 0 saturated heterocycles. The van der Waals surface area contributed by atoms with Gasteiger partial charge in [-0.1, -0.05) is 0 Å². The van der Waals surface area contributed by atoms with Gasteiger partial charge in [0.05, 0.1) is 6.04 Å². The van der Waals surface area contributed by atoms with Crippen molar-refractivity contribution in [3.8, 4) is 0 Å². The van der Waals surface area contributed by atoms with Crippen molar-refractivity contribution in [3.05, 3.63) is 48.3 Å². The fraction of sp³-hybridized carbons (Fsp3) is 0.385. The Bertz CT molecular complexity index is 449. The van der Waals surface area contributed by atoms with Gasteiger partial charge in [-0.15, -0.1) is 0 Å². The number of pyridine rings is 1. The lowest BCUT2D eigenvalue weighted by molar-refractivity contribution is 0.533. The van der Waals surface area contributed by atoms with Gasteiger partial charge in [-0.05, 0) is 37.6 Å². The number of hydrogen-bond donors (Lipinski definition) is 1. The van der Waals surface area contributed by atoms with E-state index in [1.807, 2.05) is 48.5 Å². The van der Waals surface area contributed by atoms with Crippen LogP contribution in [0.25, 0.3) is 0 Å². The summed E-state index contributed by atoms with van der Waals surface area (Å²) in [5, 5.41) is 3.47. The summed E-state index contributed by atoms with van der Waals surface area (Å²) < 4.78 is 2.05. The highest BCUT2D eigenvalue weighted by Crippen LogP contribution is 2.08. The molecule has 4 nitrogen and oxygen atoms in total. The van der Waals surface area contributed by atoms with Crippen LogP contribution in [0.3, 0.4) is 0 Å². The van der Waals surface area contributed by atoms with Crippen LogP contribution in [0.4, 0.5) is 0 Å². The third-order valence-corrected chi connectivity index (χ3v) is 2.86. The minimum absolute atomic E-state index is 0.275. The van der Waals surface area contributed by atoms with Crippen molar-refractivity contribution < 1.29 is 0 Å². The van der Waals surface area contributed by atoms with Crippen LogP contribution in [-0.4, -0.2) is 21.1 Å². The van der Waals surface area contributed by atoms with E-state index in [0.29, 0.717) is 0 Å². The monoisotopic (exact) mass is 230 g/mol. The first-order valence-corrected chi connectivity index (χ1v) is 5.87. The second-order valence-corrected chi connectivity index (χ2v) is 4.18. The van der Waals surface area contributed by atoms with Crippen LogP contribution < -0.4 is 5.32 Å². The van der Waals surface area contributed by atoms with E-state index in [0.717, 1.165) is 18.8 Å². The molecular weight excluding hydrogens is 212 g/mol. The zero-order valence-corrected chi connectivity index (χ0v) is 10.3. The molecule has 90 valence electrons. The molecule has 0 aromatic carbocycles. The van der Waals surface area contributed by atoms with Gasteiger partial charge in [-0.25, -0.2) is 4.98 Å². The minimum atomic E-state index is 0.275. The predicted octanol–water partition coefficient (Wildman–Crippen LogP) is 1.71. The summed E-state index contributed by atoms with van der Waals surface area (Å²) in [6.45, 7) is 3.08. The normalized spacial score (nSPS) is 12.6. The Morgan fingerprint density at radius 1 is 1.29 bits per heavy atom. The van der Waals surface area contributed by atoms with Gasteiger partial charge in [-0.2, -0.15) is 0 Å². The maximum Gasteiger partial charge on any atom is 0.125 e. The van der Waals surface area contributed by atoms with Gasteiger partial charge < -0.3 is 9.88 Å². The third-order valence-electron chi connectivity index (χ3n) is 2.86. The molecule has 0 fully saturated rings. The Morgan fingerprint density at radius 3 is 2.71 bits per heavy atom. The molecule has 0 spiro atoms. The summed E-state index contributed by atoms with van der Waals surface area (Å²) >= 11 is 0. The number of hydrogen-bond acceptors (Lipinski definition) is 3. The molecule has 4 heteroatoms. The zero-order valence-electron chi connectivity index (χ0n) is 10.3. The van der Waals surface area contributed by atoms with Crippen molar-refractivity contribution in [2.75, 3.05) is 6.54 Å². The minimum Gasteiger partial charge on any atom is -0.337 e. The maximum atomic E-state index is 4.33. The summed E-state index contributed by atoms with van der Waals surface area (Å²) in [5.74, 6) is 1.07. The first-order valence-electron chi connectivity index (χ1n) is 5.87. The van der Waals surface area contributed by atoms with Gasteiger partial charge in [0, 0.05) is 31.8 Å². The second-order valence-electron chi connectivity index (χ2n) is 4.18. The highest BCUT2D eigenvalue weighted by Gasteiger charge is 2.08. The molecule has 0 bridgehead atoms. The Balaban J connectivity index is 1.81. The topological polar surface area (TPSA) is 42.7 Å². The Kier molecular flexibility index (Phi) is 3.88. The molecule has 1 atom stereocenters. The van der Waals surface area contributed by atoms with Crippen molar-refractivity contribution in [2.24, 2.45) is 7.05 Å². The highest BCUT2D eigenvalue weighted by atomic mass is 15.1. The predicted molar refractivity (Wildman–Crippen MR) is 67.6 cm³/mol. The number of aryl methyl sites for hydroxylation is 1. The Hall–Kier alpha value is -1.68. The van der Waals surface area contributed by atoms with Crippen LogP contribution in [-0.2, 0) is 13.5 Å². The quantitative estimate of drug-likeness (QED) is 0.850. The lowest BCUT2D eigenvalue weighted by Crippen LogP contribution is -2.23. The van der Waals surface area contributed by atoms with Gasteiger partial charge in [0.1, 0.15) is 5.82 Å². The van der Waals surface area contributed by atoms with Crippen LogP contribution in [0.1, 0.15) is 24.4 Å². The molecule has 0 aliphatic heterocycles. The zero-order chi connectivity index (χ0) is 12.1. The van der Waals surface area contributed by atoms with Crippen molar-refractivity contribution in [1.82, 2.24) is 19.9 Å². The van der Waals surface area contributed by atoms with E-state index in [1.165, 1.54) is 5.56 Å². The molecule has 2 aromatic heterocycles. The summed E-state index contributed by atoms with van der Waals surface area (Å²) in [5.41, 5.74) is 1.31. The van der Waals surface area contributed by atoms with E-state index >= 15 is 0 Å². The van der Waals surface area contributed by atoms with Crippen molar-refractivity contribution >= 4 is 0 Å². The molecule has 2 rings (SSSR count). The summed E-state index contributed by atoms with van der Waals surface area (Å²) in [6, 6.07) is 4.37. The average Bonchev–Trinajstić information content (AvgIpc) is 2.77. The largest absolute Gasteiger partial charge is 0.337 e. The Labute approximate surface area is 102 Å². The van der Waals surface area contributed by atoms with Crippen molar-refractivity contribution in [2.45, 2.75) is 19.4 Å². The standard InChI is InChI=1S/C13H18N4/c1-11(13-16-9-10-17(13)2)15-8-5-12-3-6-14-7-4-12/h3-4,6-7,9-11,15H,5,8H2,1-2H3. The smallest absolute Gasteiger partial charge is 0.125 e. The number of nitrogens with zero attached hydrogens (tertiary/aromatic N) is 3. The van der Waals surface area contributed by atoms with Crippen LogP contribution >= 0.6 is 0 Å². The molecule has 0 saturated carbocycles. The van der Waals surface area contributed by atoms with Gasteiger partial charge in [0.15, 0.2) is 0 Å². The van der Waals surface area contributed by atoms with E-state index in [9.17, 15) is 0 Å². The second kappa shape index (κ2) is 5.59. The fourth-order valence-corrected chi connectivity index (χ4v) is 1.87. The molecule has 0 aliphatic carbocycles. The summed E-state index contributed by atoms with van der Waals surface area (Å²) in [7, 11) is 2.02. The molecule has 1 unspecified atom stereocenters. The van der Waals surface area contributed by atoms with Gasteiger partial charge in [-0.3, -0.25) is 4.98 Å². The van der Waals surface area contributed by atoms with Crippen LogP contribution in [0.5, 0.6) is 0 Å².